The minimum atomic E-state index is -0.121. The van der Waals surface area contributed by atoms with Crippen LogP contribution in [0, 0.1) is 0 Å². The van der Waals surface area contributed by atoms with Crippen molar-refractivity contribution in [2.75, 3.05) is 26.2 Å². The third kappa shape index (κ3) is 5.03. The highest BCUT2D eigenvalue weighted by Gasteiger charge is 2.13. The lowest BCUT2D eigenvalue weighted by Crippen LogP contribution is -2.44. The van der Waals surface area contributed by atoms with Gasteiger partial charge >= 0.3 is 0 Å². The highest BCUT2D eigenvalue weighted by Crippen LogP contribution is 2.10. The van der Waals surface area contributed by atoms with Gasteiger partial charge in [0.2, 0.25) is 5.91 Å². The first-order chi connectivity index (χ1) is 9.24. The molecule has 1 fully saturated rings. The fourth-order valence-corrected chi connectivity index (χ4v) is 1.90. The summed E-state index contributed by atoms with van der Waals surface area (Å²) in [7, 11) is 0. The number of hydrogen-bond acceptors (Lipinski definition) is 3. The van der Waals surface area contributed by atoms with Crippen LogP contribution in [0.1, 0.15) is 5.56 Å². The molecular formula is C14H17ClN2O2. The van der Waals surface area contributed by atoms with Gasteiger partial charge in [-0.1, -0.05) is 23.7 Å². The van der Waals surface area contributed by atoms with Crippen LogP contribution in [0.4, 0.5) is 0 Å². The zero-order valence-corrected chi connectivity index (χ0v) is 11.3. The predicted molar refractivity (Wildman–Crippen MR) is 76.1 cm³/mol. The molecule has 5 heteroatoms. The molecule has 2 N–H and O–H groups in total. The molecule has 0 aliphatic carbocycles. The molecule has 1 aliphatic heterocycles. The number of halogens is 1. The van der Waals surface area contributed by atoms with E-state index in [0.29, 0.717) is 18.2 Å². The maximum atomic E-state index is 11.6. The largest absolute Gasteiger partial charge is 0.374 e. The molecule has 1 heterocycles. The van der Waals surface area contributed by atoms with Crippen LogP contribution in [0.15, 0.2) is 30.3 Å². The Morgan fingerprint density at radius 1 is 1.47 bits per heavy atom. The van der Waals surface area contributed by atoms with Gasteiger partial charge < -0.3 is 15.4 Å². The number of morpholine rings is 1. The highest BCUT2D eigenvalue weighted by molar-refractivity contribution is 6.30. The summed E-state index contributed by atoms with van der Waals surface area (Å²) in [5.41, 5.74) is 0.940. The van der Waals surface area contributed by atoms with Gasteiger partial charge in [-0.05, 0) is 23.8 Å². The summed E-state index contributed by atoms with van der Waals surface area (Å²) in [6, 6.07) is 7.31. The van der Waals surface area contributed by atoms with Gasteiger partial charge in [0.05, 0.1) is 12.7 Å². The van der Waals surface area contributed by atoms with E-state index < -0.39 is 0 Å². The van der Waals surface area contributed by atoms with Crippen molar-refractivity contribution < 1.29 is 9.53 Å². The Hall–Kier alpha value is -1.36. The highest BCUT2D eigenvalue weighted by atomic mass is 35.5. The van der Waals surface area contributed by atoms with E-state index in [4.69, 9.17) is 16.3 Å². The fraction of sp³-hybridized carbons (Fsp3) is 0.357. The fourth-order valence-electron chi connectivity index (χ4n) is 1.77. The van der Waals surface area contributed by atoms with Crippen LogP contribution in [0.5, 0.6) is 0 Å². The molecule has 0 aromatic heterocycles. The van der Waals surface area contributed by atoms with Crippen LogP contribution in [0.3, 0.4) is 0 Å². The van der Waals surface area contributed by atoms with Gasteiger partial charge in [-0.2, -0.15) is 0 Å². The van der Waals surface area contributed by atoms with Gasteiger partial charge in [0.1, 0.15) is 0 Å². The second-order valence-electron chi connectivity index (χ2n) is 4.33. The van der Waals surface area contributed by atoms with Crippen LogP contribution in [-0.4, -0.2) is 38.3 Å². The third-order valence-corrected chi connectivity index (χ3v) is 3.06. The first-order valence-electron chi connectivity index (χ1n) is 6.28. The SMILES string of the molecule is O=C(/C=C/c1ccc(Cl)cc1)NCC1CNCCO1. The zero-order valence-electron chi connectivity index (χ0n) is 10.6. The van der Waals surface area contributed by atoms with Crippen molar-refractivity contribution in [3.05, 3.63) is 40.9 Å². The predicted octanol–water partition coefficient (Wildman–Crippen LogP) is 1.46. The molecule has 1 amide bonds. The molecule has 0 bridgehead atoms. The number of rotatable bonds is 4. The van der Waals surface area contributed by atoms with Crippen molar-refractivity contribution in [3.63, 3.8) is 0 Å². The Morgan fingerprint density at radius 2 is 2.26 bits per heavy atom. The summed E-state index contributed by atoms with van der Waals surface area (Å²) < 4.78 is 5.49. The molecule has 1 unspecified atom stereocenters. The van der Waals surface area contributed by atoms with Gasteiger partial charge in [-0.3, -0.25) is 4.79 Å². The lowest BCUT2D eigenvalue weighted by Gasteiger charge is -2.23. The number of benzene rings is 1. The average molecular weight is 281 g/mol. The lowest BCUT2D eigenvalue weighted by molar-refractivity contribution is -0.117. The van der Waals surface area contributed by atoms with E-state index >= 15 is 0 Å². The summed E-state index contributed by atoms with van der Waals surface area (Å²) in [5, 5.41) is 6.72. The Labute approximate surface area is 117 Å². The molecule has 0 spiro atoms. The summed E-state index contributed by atoms with van der Waals surface area (Å²) in [6.07, 6.45) is 3.33. The Balaban J connectivity index is 1.75. The number of carbonyl (C=O) groups excluding carboxylic acids is 1. The molecule has 1 aliphatic rings. The molecule has 1 aromatic rings. The summed E-state index contributed by atoms with van der Waals surface area (Å²) in [4.78, 5) is 11.6. The monoisotopic (exact) mass is 280 g/mol. The van der Waals surface area contributed by atoms with Crippen LogP contribution in [0.2, 0.25) is 5.02 Å². The van der Waals surface area contributed by atoms with Crippen LogP contribution >= 0.6 is 11.6 Å². The van der Waals surface area contributed by atoms with Crippen LogP contribution in [-0.2, 0) is 9.53 Å². The summed E-state index contributed by atoms with van der Waals surface area (Å²) >= 11 is 5.79. The van der Waals surface area contributed by atoms with Gasteiger partial charge in [0.15, 0.2) is 0 Å². The molecular weight excluding hydrogens is 264 g/mol. The first kappa shape index (κ1) is 14.1. The maximum absolute atomic E-state index is 11.6. The topological polar surface area (TPSA) is 50.4 Å². The smallest absolute Gasteiger partial charge is 0.244 e. The van der Waals surface area contributed by atoms with Crippen molar-refractivity contribution in [3.8, 4) is 0 Å². The molecule has 2 rings (SSSR count). The molecule has 4 nitrogen and oxygen atoms in total. The lowest BCUT2D eigenvalue weighted by atomic mass is 10.2. The van der Waals surface area contributed by atoms with Gasteiger partial charge in [0, 0.05) is 30.7 Å². The third-order valence-electron chi connectivity index (χ3n) is 2.81. The first-order valence-corrected chi connectivity index (χ1v) is 6.65. The average Bonchev–Trinajstić information content (AvgIpc) is 2.45. The van der Waals surface area contributed by atoms with E-state index in [9.17, 15) is 4.79 Å². The van der Waals surface area contributed by atoms with Crippen molar-refractivity contribution in [1.82, 2.24) is 10.6 Å². The molecule has 1 atom stereocenters. The number of ether oxygens (including phenoxy) is 1. The second-order valence-corrected chi connectivity index (χ2v) is 4.76. The molecule has 102 valence electrons. The minimum absolute atomic E-state index is 0.0571. The Morgan fingerprint density at radius 3 is 2.95 bits per heavy atom. The van der Waals surface area contributed by atoms with Crippen molar-refractivity contribution in [2.45, 2.75) is 6.10 Å². The number of amides is 1. The van der Waals surface area contributed by atoms with Crippen molar-refractivity contribution >= 4 is 23.6 Å². The molecule has 0 radical (unpaired) electrons. The zero-order chi connectivity index (χ0) is 13.5. The van der Waals surface area contributed by atoms with Gasteiger partial charge in [-0.25, -0.2) is 0 Å². The summed E-state index contributed by atoms with van der Waals surface area (Å²) in [6.45, 7) is 2.88. The second kappa shape index (κ2) is 7.28. The standard InChI is InChI=1S/C14H17ClN2O2/c15-12-4-1-11(2-5-12)3-6-14(18)17-10-13-9-16-7-8-19-13/h1-6,13,16H,7-10H2,(H,17,18)/b6-3+. The van der Waals surface area contributed by atoms with E-state index in [0.717, 1.165) is 18.7 Å². The number of hydrogen-bond donors (Lipinski definition) is 2. The van der Waals surface area contributed by atoms with Crippen LogP contribution in [0.25, 0.3) is 6.08 Å². The van der Waals surface area contributed by atoms with Gasteiger partial charge in [0.25, 0.3) is 0 Å². The molecule has 19 heavy (non-hydrogen) atoms. The van der Waals surface area contributed by atoms with Gasteiger partial charge in [-0.15, -0.1) is 0 Å². The minimum Gasteiger partial charge on any atom is -0.374 e. The van der Waals surface area contributed by atoms with E-state index in [1.54, 1.807) is 18.2 Å². The normalized spacial score (nSPS) is 19.5. The van der Waals surface area contributed by atoms with Crippen LogP contribution < -0.4 is 10.6 Å². The van der Waals surface area contributed by atoms with E-state index in [1.165, 1.54) is 6.08 Å². The Bertz CT molecular complexity index is 439. The molecule has 1 aromatic carbocycles. The van der Waals surface area contributed by atoms with Crippen molar-refractivity contribution in [2.24, 2.45) is 0 Å². The number of nitrogens with one attached hydrogen (secondary N) is 2. The van der Waals surface area contributed by atoms with E-state index in [2.05, 4.69) is 10.6 Å². The maximum Gasteiger partial charge on any atom is 0.244 e. The summed E-state index contributed by atoms with van der Waals surface area (Å²) in [5.74, 6) is -0.121. The molecule has 1 saturated heterocycles. The Kier molecular flexibility index (Phi) is 5.39. The van der Waals surface area contributed by atoms with E-state index in [-0.39, 0.29) is 12.0 Å². The van der Waals surface area contributed by atoms with Crippen molar-refractivity contribution in [1.29, 1.82) is 0 Å². The molecule has 0 saturated carbocycles. The van der Waals surface area contributed by atoms with E-state index in [1.807, 2.05) is 12.1 Å². The quantitative estimate of drug-likeness (QED) is 0.821. The number of carbonyl (C=O) groups is 1.